The molecular formula is C13H17BrClN3. The Bertz CT molecular complexity index is 442. The maximum atomic E-state index is 6.02. The Hall–Kier alpha value is -0.580. The molecule has 0 atom stereocenters. The Balaban J connectivity index is 2.26. The monoisotopic (exact) mass is 329 g/mol. The van der Waals surface area contributed by atoms with Gasteiger partial charge in [0.1, 0.15) is 5.84 Å². The van der Waals surface area contributed by atoms with Gasteiger partial charge in [0.05, 0.1) is 6.04 Å². The number of benzene rings is 1. The molecule has 18 heavy (non-hydrogen) atoms. The van der Waals surface area contributed by atoms with Crippen LogP contribution < -0.4 is 11.3 Å². The second kappa shape index (κ2) is 6.55. The molecule has 5 heteroatoms. The highest BCUT2D eigenvalue weighted by atomic mass is 79.9. The molecule has 0 heterocycles. The van der Waals surface area contributed by atoms with Crippen LogP contribution in [0.5, 0.6) is 0 Å². The molecule has 2 rings (SSSR count). The van der Waals surface area contributed by atoms with E-state index in [1.807, 2.05) is 18.2 Å². The largest absolute Gasteiger partial charge is 0.308 e. The highest BCUT2D eigenvalue weighted by Gasteiger charge is 2.15. The van der Waals surface area contributed by atoms with Gasteiger partial charge in [-0.1, -0.05) is 46.8 Å². The smallest absolute Gasteiger partial charge is 0.143 e. The fraction of sp³-hybridized carbons (Fsp3) is 0.462. The van der Waals surface area contributed by atoms with Gasteiger partial charge in [-0.15, -0.1) is 0 Å². The van der Waals surface area contributed by atoms with Gasteiger partial charge in [-0.25, -0.2) is 5.84 Å². The summed E-state index contributed by atoms with van der Waals surface area (Å²) in [7, 11) is 0. The number of halogens is 2. The van der Waals surface area contributed by atoms with E-state index in [1.54, 1.807) is 0 Å². The van der Waals surface area contributed by atoms with Gasteiger partial charge < -0.3 is 5.43 Å². The van der Waals surface area contributed by atoms with Crippen LogP contribution in [0.3, 0.4) is 0 Å². The first-order chi connectivity index (χ1) is 8.70. The van der Waals surface area contributed by atoms with E-state index in [1.165, 1.54) is 19.3 Å². The zero-order valence-corrected chi connectivity index (χ0v) is 12.5. The summed E-state index contributed by atoms with van der Waals surface area (Å²) in [4.78, 5) is 4.72. The van der Waals surface area contributed by atoms with Crippen LogP contribution in [0.15, 0.2) is 27.7 Å². The van der Waals surface area contributed by atoms with Crippen molar-refractivity contribution in [3.8, 4) is 0 Å². The van der Waals surface area contributed by atoms with Gasteiger partial charge >= 0.3 is 0 Å². The van der Waals surface area contributed by atoms with Crippen LogP contribution in [0, 0.1) is 0 Å². The van der Waals surface area contributed by atoms with E-state index < -0.39 is 0 Å². The van der Waals surface area contributed by atoms with Gasteiger partial charge in [0.25, 0.3) is 0 Å². The SMILES string of the molecule is NNC(=NC1CCCCC1)c1cc(Cl)ccc1Br. The molecule has 98 valence electrons. The van der Waals surface area contributed by atoms with Crippen molar-refractivity contribution in [2.75, 3.05) is 0 Å². The number of nitrogens with one attached hydrogen (secondary N) is 1. The van der Waals surface area contributed by atoms with Crippen molar-refractivity contribution < 1.29 is 0 Å². The van der Waals surface area contributed by atoms with Crippen LogP contribution >= 0.6 is 27.5 Å². The molecule has 0 saturated heterocycles. The summed E-state index contributed by atoms with van der Waals surface area (Å²) in [6, 6.07) is 5.98. The number of hydrazine groups is 1. The van der Waals surface area contributed by atoms with Crippen LogP contribution in [0.25, 0.3) is 0 Å². The number of rotatable bonds is 2. The molecule has 1 saturated carbocycles. The molecule has 1 aliphatic rings. The van der Waals surface area contributed by atoms with E-state index in [0.29, 0.717) is 16.9 Å². The van der Waals surface area contributed by atoms with Gasteiger partial charge in [-0.3, -0.25) is 4.99 Å². The molecular weight excluding hydrogens is 314 g/mol. The predicted octanol–water partition coefficient (Wildman–Crippen LogP) is 3.65. The van der Waals surface area contributed by atoms with Crippen LogP contribution in [0.1, 0.15) is 37.7 Å². The maximum Gasteiger partial charge on any atom is 0.143 e. The third kappa shape index (κ3) is 3.46. The zero-order chi connectivity index (χ0) is 13.0. The van der Waals surface area contributed by atoms with Crippen LogP contribution in [-0.2, 0) is 0 Å². The lowest BCUT2D eigenvalue weighted by molar-refractivity contribution is 0.442. The number of aliphatic imine (C=N–C) groups is 1. The van der Waals surface area contributed by atoms with Crippen molar-refractivity contribution in [2.24, 2.45) is 10.8 Å². The van der Waals surface area contributed by atoms with E-state index in [-0.39, 0.29) is 0 Å². The summed E-state index contributed by atoms with van der Waals surface area (Å²) in [5.41, 5.74) is 3.61. The summed E-state index contributed by atoms with van der Waals surface area (Å²) < 4.78 is 0.944. The summed E-state index contributed by atoms with van der Waals surface area (Å²) in [5, 5.41) is 0.680. The van der Waals surface area contributed by atoms with Crippen molar-refractivity contribution in [1.29, 1.82) is 0 Å². The van der Waals surface area contributed by atoms with Crippen molar-refractivity contribution in [1.82, 2.24) is 5.43 Å². The molecule has 0 amide bonds. The van der Waals surface area contributed by atoms with Crippen molar-refractivity contribution in [3.05, 3.63) is 33.3 Å². The molecule has 1 aromatic carbocycles. The van der Waals surface area contributed by atoms with Crippen LogP contribution in [-0.4, -0.2) is 11.9 Å². The lowest BCUT2D eigenvalue weighted by Crippen LogP contribution is -2.33. The molecule has 0 radical (unpaired) electrons. The highest BCUT2D eigenvalue weighted by Crippen LogP contribution is 2.24. The summed E-state index contributed by atoms with van der Waals surface area (Å²) in [6.45, 7) is 0. The normalized spacial score (nSPS) is 17.8. The first kappa shape index (κ1) is 13.8. The number of amidine groups is 1. The third-order valence-corrected chi connectivity index (χ3v) is 4.13. The Morgan fingerprint density at radius 1 is 1.33 bits per heavy atom. The van der Waals surface area contributed by atoms with E-state index in [4.69, 9.17) is 22.4 Å². The fourth-order valence-corrected chi connectivity index (χ4v) is 2.86. The van der Waals surface area contributed by atoms with E-state index in [2.05, 4.69) is 21.4 Å². The van der Waals surface area contributed by atoms with Crippen molar-refractivity contribution >= 4 is 33.4 Å². The standard InChI is InChI=1S/C13H17BrClN3/c14-12-7-6-9(15)8-11(12)13(18-16)17-10-4-2-1-3-5-10/h6-8,10H,1-5,16H2,(H,17,18). The first-order valence-electron chi connectivity index (χ1n) is 6.20. The third-order valence-electron chi connectivity index (χ3n) is 3.21. The van der Waals surface area contributed by atoms with Gasteiger partial charge in [-0.2, -0.15) is 0 Å². The summed E-state index contributed by atoms with van der Waals surface area (Å²) in [6.07, 6.45) is 6.11. The van der Waals surface area contributed by atoms with Crippen LogP contribution in [0.4, 0.5) is 0 Å². The Morgan fingerprint density at radius 2 is 2.06 bits per heavy atom. The first-order valence-corrected chi connectivity index (χ1v) is 7.37. The Kier molecular flexibility index (Phi) is 5.03. The minimum absolute atomic E-state index is 0.371. The molecule has 1 aromatic rings. The molecule has 3 N–H and O–H groups in total. The average Bonchev–Trinajstić information content (AvgIpc) is 2.40. The number of nitrogens with zero attached hydrogens (tertiary/aromatic N) is 1. The van der Waals surface area contributed by atoms with Crippen LogP contribution in [0.2, 0.25) is 5.02 Å². The van der Waals surface area contributed by atoms with E-state index in [9.17, 15) is 0 Å². The minimum atomic E-state index is 0.371. The molecule has 0 unspecified atom stereocenters. The highest BCUT2D eigenvalue weighted by molar-refractivity contribution is 9.10. The molecule has 0 spiro atoms. The summed E-state index contributed by atoms with van der Waals surface area (Å²) in [5.74, 6) is 6.30. The number of hydrogen-bond acceptors (Lipinski definition) is 2. The Labute approximate surface area is 121 Å². The van der Waals surface area contributed by atoms with Gasteiger partial charge in [0.15, 0.2) is 0 Å². The number of nitrogens with two attached hydrogens (primary N) is 1. The predicted molar refractivity (Wildman–Crippen MR) is 79.9 cm³/mol. The molecule has 0 aromatic heterocycles. The molecule has 1 aliphatic carbocycles. The molecule has 0 aliphatic heterocycles. The quantitative estimate of drug-likeness (QED) is 0.376. The zero-order valence-electron chi connectivity index (χ0n) is 10.1. The molecule has 1 fully saturated rings. The van der Waals surface area contributed by atoms with Gasteiger partial charge in [0, 0.05) is 15.1 Å². The number of hydrogen-bond donors (Lipinski definition) is 2. The maximum absolute atomic E-state index is 6.02. The van der Waals surface area contributed by atoms with E-state index >= 15 is 0 Å². The second-order valence-corrected chi connectivity index (χ2v) is 5.83. The molecule has 3 nitrogen and oxygen atoms in total. The second-order valence-electron chi connectivity index (χ2n) is 4.54. The lowest BCUT2D eigenvalue weighted by Gasteiger charge is -2.19. The summed E-state index contributed by atoms with van der Waals surface area (Å²) >= 11 is 9.52. The Morgan fingerprint density at radius 3 is 2.72 bits per heavy atom. The van der Waals surface area contributed by atoms with E-state index in [0.717, 1.165) is 22.9 Å². The van der Waals surface area contributed by atoms with Gasteiger partial charge in [-0.05, 0) is 31.0 Å². The van der Waals surface area contributed by atoms with Crippen molar-refractivity contribution in [3.63, 3.8) is 0 Å². The van der Waals surface area contributed by atoms with Gasteiger partial charge in [0.2, 0.25) is 0 Å². The fourth-order valence-electron chi connectivity index (χ4n) is 2.26. The lowest BCUT2D eigenvalue weighted by atomic mass is 9.96. The topological polar surface area (TPSA) is 50.4 Å². The minimum Gasteiger partial charge on any atom is -0.308 e. The van der Waals surface area contributed by atoms with Crippen molar-refractivity contribution in [2.45, 2.75) is 38.1 Å². The average molecular weight is 331 g/mol. The molecule has 0 bridgehead atoms.